The highest BCUT2D eigenvalue weighted by Crippen LogP contribution is 2.13. The highest BCUT2D eigenvalue weighted by molar-refractivity contribution is 6.29. The Morgan fingerprint density at radius 3 is 2.73 bits per heavy atom. The van der Waals surface area contributed by atoms with Gasteiger partial charge in [-0.05, 0) is 5.56 Å². The van der Waals surface area contributed by atoms with E-state index in [1.807, 2.05) is 35.3 Å². The number of nitrogens with two attached hydrogens (primary N) is 1. The van der Waals surface area contributed by atoms with E-state index in [1.165, 1.54) is 5.56 Å². The third-order valence-corrected chi connectivity index (χ3v) is 3.25. The molecule has 0 saturated carbocycles. The molecule has 3 N–H and O–H groups in total. The van der Waals surface area contributed by atoms with Crippen LogP contribution in [0.1, 0.15) is 11.1 Å². The Morgan fingerprint density at radius 2 is 1.95 bits per heavy atom. The Labute approximate surface area is 133 Å². The molecule has 3 rings (SSSR count). The maximum absolute atomic E-state index is 5.84. The molecule has 0 aliphatic heterocycles. The van der Waals surface area contributed by atoms with Crippen LogP contribution in [-0.4, -0.2) is 19.7 Å². The molecule has 0 unspecified atom stereocenters. The number of hydrogen-bond donors (Lipinski definition) is 2. The summed E-state index contributed by atoms with van der Waals surface area (Å²) < 4.78 is 1.90. The van der Waals surface area contributed by atoms with Crippen molar-refractivity contribution in [3.8, 4) is 0 Å². The zero-order valence-electron chi connectivity index (χ0n) is 11.8. The number of anilines is 2. The molecule has 0 atom stereocenters. The Bertz CT molecular complexity index is 735. The van der Waals surface area contributed by atoms with Crippen LogP contribution >= 0.6 is 11.6 Å². The molecule has 0 amide bonds. The molecule has 6 nitrogen and oxygen atoms in total. The van der Waals surface area contributed by atoms with E-state index in [1.54, 1.807) is 6.07 Å². The highest BCUT2D eigenvalue weighted by atomic mass is 35.5. The summed E-state index contributed by atoms with van der Waals surface area (Å²) in [5.74, 6) is 0.739. The molecule has 0 bridgehead atoms. The number of aromatic nitrogens is 4. The van der Waals surface area contributed by atoms with Gasteiger partial charge in [-0.3, -0.25) is 4.68 Å². The van der Waals surface area contributed by atoms with Crippen molar-refractivity contribution in [1.29, 1.82) is 0 Å². The van der Waals surface area contributed by atoms with Crippen molar-refractivity contribution in [1.82, 2.24) is 19.7 Å². The molecule has 2 heterocycles. The summed E-state index contributed by atoms with van der Waals surface area (Å²) >= 11 is 5.84. The van der Waals surface area contributed by atoms with E-state index in [4.69, 9.17) is 17.3 Å². The molecule has 112 valence electrons. The monoisotopic (exact) mass is 314 g/mol. The quantitative estimate of drug-likeness (QED) is 0.707. The Hall–Kier alpha value is -2.60. The summed E-state index contributed by atoms with van der Waals surface area (Å²) in [6, 6.07) is 11.8. The molecule has 0 aliphatic carbocycles. The highest BCUT2D eigenvalue weighted by Gasteiger charge is 2.03. The van der Waals surface area contributed by atoms with Crippen molar-refractivity contribution in [3.63, 3.8) is 0 Å². The second-order valence-corrected chi connectivity index (χ2v) is 5.21. The molecule has 0 fully saturated rings. The molecule has 0 radical (unpaired) electrons. The van der Waals surface area contributed by atoms with Gasteiger partial charge in [-0.15, -0.1) is 0 Å². The topological polar surface area (TPSA) is 81.6 Å². The van der Waals surface area contributed by atoms with Crippen LogP contribution in [-0.2, 0) is 13.1 Å². The van der Waals surface area contributed by atoms with Crippen molar-refractivity contribution in [2.45, 2.75) is 13.1 Å². The van der Waals surface area contributed by atoms with E-state index < -0.39 is 0 Å². The number of nitrogens with one attached hydrogen (secondary N) is 1. The standard InChI is InChI=1S/C15H15ClN6/c16-13-6-14(21-15(17)20-13)18-7-12-8-19-22(10-12)9-11-4-2-1-3-5-11/h1-6,8,10H,7,9H2,(H3,17,18,20,21). The molecule has 3 aromatic rings. The third-order valence-electron chi connectivity index (χ3n) is 3.06. The van der Waals surface area contributed by atoms with Gasteiger partial charge in [-0.2, -0.15) is 10.1 Å². The predicted molar refractivity (Wildman–Crippen MR) is 86.6 cm³/mol. The first-order valence-corrected chi connectivity index (χ1v) is 7.16. The van der Waals surface area contributed by atoms with Crippen molar-refractivity contribution in [2.24, 2.45) is 0 Å². The SMILES string of the molecule is Nc1nc(Cl)cc(NCc2cnn(Cc3ccccc3)c2)n1. The van der Waals surface area contributed by atoms with E-state index in [2.05, 4.69) is 32.5 Å². The smallest absolute Gasteiger partial charge is 0.223 e. The first-order valence-electron chi connectivity index (χ1n) is 6.78. The molecule has 1 aromatic carbocycles. The summed E-state index contributed by atoms with van der Waals surface area (Å²) in [6.07, 6.45) is 3.81. The summed E-state index contributed by atoms with van der Waals surface area (Å²) in [7, 11) is 0. The van der Waals surface area contributed by atoms with Crippen LogP contribution in [0.3, 0.4) is 0 Å². The first kappa shape index (κ1) is 14.3. The summed E-state index contributed by atoms with van der Waals surface area (Å²) in [5, 5.41) is 7.82. The molecule has 22 heavy (non-hydrogen) atoms. The number of nitrogens with zero attached hydrogens (tertiary/aromatic N) is 4. The lowest BCUT2D eigenvalue weighted by Gasteiger charge is -2.04. The molecular weight excluding hydrogens is 300 g/mol. The van der Waals surface area contributed by atoms with Crippen molar-refractivity contribution in [3.05, 3.63) is 65.1 Å². The summed E-state index contributed by atoms with van der Waals surface area (Å²) in [6.45, 7) is 1.33. The van der Waals surface area contributed by atoms with Gasteiger partial charge in [0.2, 0.25) is 5.95 Å². The van der Waals surface area contributed by atoms with Gasteiger partial charge >= 0.3 is 0 Å². The first-order chi connectivity index (χ1) is 10.7. The lowest BCUT2D eigenvalue weighted by molar-refractivity contribution is 0.686. The van der Waals surface area contributed by atoms with E-state index in [9.17, 15) is 0 Å². The molecule has 0 saturated heterocycles. The second-order valence-electron chi connectivity index (χ2n) is 4.82. The summed E-state index contributed by atoms with van der Waals surface area (Å²) in [4.78, 5) is 7.88. The zero-order chi connectivity index (χ0) is 15.4. The number of halogens is 1. The number of nitrogen functional groups attached to an aromatic ring is 1. The fourth-order valence-corrected chi connectivity index (χ4v) is 2.26. The molecule has 7 heteroatoms. The molecule has 0 aliphatic rings. The van der Waals surface area contributed by atoms with Gasteiger partial charge in [-0.1, -0.05) is 41.9 Å². The lowest BCUT2D eigenvalue weighted by atomic mass is 10.2. The number of hydrogen-bond acceptors (Lipinski definition) is 5. The van der Waals surface area contributed by atoms with Gasteiger partial charge in [0, 0.05) is 24.4 Å². The Kier molecular flexibility index (Phi) is 4.20. The van der Waals surface area contributed by atoms with Crippen molar-refractivity contribution >= 4 is 23.4 Å². The fourth-order valence-electron chi connectivity index (χ4n) is 2.07. The second kappa shape index (κ2) is 6.44. The minimum absolute atomic E-state index is 0.148. The maximum Gasteiger partial charge on any atom is 0.223 e. The van der Waals surface area contributed by atoms with Crippen molar-refractivity contribution < 1.29 is 0 Å². The van der Waals surface area contributed by atoms with Crippen LogP contribution in [0.5, 0.6) is 0 Å². The fraction of sp³-hybridized carbons (Fsp3) is 0.133. The van der Waals surface area contributed by atoms with E-state index in [0.29, 0.717) is 17.5 Å². The zero-order valence-corrected chi connectivity index (χ0v) is 12.5. The van der Waals surface area contributed by atoms with Gasteiger partial charge in [-0.25, -0.2) is 4.98 Å². The predicted octanol–water partition coefficient (Wildman–Crippen LogP) is 2.57. The van der Waals surface area contributed by atoms with Crippen LogP contribution in [0.15, 0.2) is 48.8 Å². The molecule has 0 spiro atoms. The largest absolute Gasteiger partial charge is 0.368 e. The number of benzene rings is 1. The van der Waals surface area contributed by atoms with Gasteiger partial charge in [0.15, 0.2) is 0 Å². The van der Waals surface area contributed by atoms with Crippen LogP contribution in [0.25, 0.3) is 0 Å². The average molecular weight is 315 g/mol. The van der Waals surface area contributed by atoms with Crippen LogP contribution in [0, 0.1) is 0 Å². The maximum atomic E-state index is 5.84. The minimum Gasteiger partial charge on any atom is -0.368 e. The molecular formula is C15H15ClN6. The van der Waals surface area contributed by atoms with Crippen molar-refractivity contribution in [2.75, 3.05) is 11.1 Å². The van der Waals surface area contributed by atoms with Crippen LogP contribution < -0.4 is 11.1 Å². The van der Waals surface area contributed by atoms with Crippen LogP contribution in [0.4, 0.5) is 11.8 Å². The van der Waals surface area contributed by atoms with Gasteiger partial charge < -0.3 is 11.1 Å². The normalized spacial score (nSPS) is 10.6. The van der Waals surface area contributed by atoms with Gasteiger partial charge in [0.25, 0.3) is 0 Å². The summed E-state index contributed by atoms with van der Waals surface area (Å²) in [5.41, 5.74) is 7.81. The lowest BCUT2D eigenvalue weighted by Crippen LogP contribution is -2.04. The van der Waals surface area contributed by atoms with E-state index >= 15 is 0 Å². The average Bonchev–Trinajstić information content (AvgIpc) is 2.93. The van der Waals surface area contributed by atoms with E-state index in [-0.39, 0.29) is 5.95 Å². The van der Waals surface area contributed by atoms with Gasteiger partial charge in [0.1, 0.15) is 11.0 Å². The van der Waals surface area contributed by atoms with Gasteiger partial charge in [0.05, 0.1) is 12.7 Å². The Balaban J connectivity index is 1.62. The third kappa shape index (κ3) is 3.73. The Morgan fingerprint density at radius 1 is 1.14 bits per heavy atom. The minimum atomic E-state index is 0.148. The van der Waals surface area contributed by atoms with E-state index in [0.717, 1.165) is 12.1 Å². The number of rotatable bonds is 5. The molecule has 2 aromatic heterocycles. The van der Waals surface area contributed by atoms with Crippen LogP contribution in [0.2, 0.25) is 5.15 Å².